The lowest BCUT2D eigenvalue weighted by Gasteiger charge is -2.34. The zero-order valence-electron chi connectivity index (χ0n) is 13.9. The van der Waals surface area contributed by atoms with Crippen LogP contribution in [-0.4, -0.2) is 50.8 Å². The van der Waals surface area contributed by atoms with E-state index < -0.39 is 34.4 Å². The highest BCUT2D eigenvalue weighted by Crippen LogP contribution is 2.36. The zero-order chi connectivity index (χ0) is 18.9. The van der Waals surface area contributed by atoms with E-state index in [4.69, 9.17) is 23.2 Å². The van der Waals surface area contributed by atoms with Crippen molar-refractivity contribution in [1.82, 2.24) is 9.62 Å². The Morgan fingerprint density at radius 2 is 2.04 bits per heavy atom. The highest BCUT2D eigenvalue weighted by molar-refractivity contribution is 7.89. The van der Waals surface area contributed by atoms with E-state index in [9.17, 15) is 18.0 Å². The Morgan fingerprint density at radius 3 is 2.64 bits per heavy atom. The first-order valence-corrected chi connectivity index (χ1v) is 9.62. The van der Waals surface area contributed by atoms with Crippen molar-refractivity contribution >= 4 is 45.1 Å². The first-order valence-electron chi connectivity index (χ1n) is 7.42. The van der Waals surface area contributed by atoms with Crippen LogP contribution < -0.4 is 5.32 Å². The molecule has 10 heteroatoms. The van der Waals surface area contributed by atoms with E-state index >= 15 is 0 Å². The molecule has 0 bridgehead atoms. The van der Waals surface area contributed by atoms with Crippen LogP contribution in [0, 0.1) is 13.8 Å². The third-order valence-electron chi connectivity index (χ3n) is 4.02. The van der Waals surface area contributed by atoms with Crippen LogP contribution in [0.3, 0.4) is 0 Å². The molecular formula is C15H18Cl2N2O5S. The van der Waals surface area contributed by atoms with Crippen molar-refractivity contribution in [3.05, 3.63) is 27.2 Å². The number of hydrogen-bond donors (Lipinski definition) is 1. The van der Waals surface area contributed by atoms with E-state index in [0.29, 0.717) is 11.1 Å². The van der Waals surface area contributed by atoms with E-state index in [1.807, 2.05) is 0 Å². The number of halogens is 2. The van der Waals surface area contributed by atoms with Gasteiger partial charge in [-0.25, -0.2) is 8.42 Å². The van der Waals surface area contributed by atoms with Crippen LogP contribution in [0.2, 0.25) is 10.0 Å². The summed E-state index contributed by atoms with van der Waals surface area (Å²) in [6.45, 7) is 3.32. The lowest BCUT2D eigenvalue weighted by molar-refractivity contribution is -0.144. The number of nitrogens with one attached hydrogen (secondary N) is 1. The van der Waals surface area contributed by atoms with Crippen molar-refractivity contribution in [2.24, 2.45) is 0 Å². The Kier molecular flexibility index (Phi) is 5.98. The number of piperazine rings is 1. The summed E-state index contributed by atoms with van der Waals surface area (Å²) in [6.07, 6.45) is -0.391. The van der Waals surface area contributed by atoms with Crippen LogP contribution in [0.5, 0.6) is 0 Å². The van der Waals surface area contributed by atoms with Crippen molar-refractivity contribution < 1.29 is 22.7 Å². The molecule has 1 aliphatic heterocycles. The fourth-order valence-corrected chi connectivity index (χ4v) is 5.41. The van der Waals surface area contributed by atoms with Gasteiger partial charge in [-0.05, 0) is 31.0 Å². The predicted molar refractivity (Wildman–Crippen MR) is 93.3 cm³/mol. The van der Waals surface area contributed by atoms with Crippen molar-refractivity contribution in [2.75, 3.05) is 20.2 Å². The highest BCUT2D eigenvalue weighted by atomic mass is 35.5. The van der Waals surface area contributed by atoms with Crippen LogP contribution in [0.15, 0.2) is 11.0 Å². The van der Waals surface area contributed by atoms with Gasteiger partial charge >= 0.3 is 5.97 Å². The summed E-state index contributed by atoms with van der Waals surface area (Å²) < 4.78 is 32.0. The summed E-state index contributed by atoms with van der Waals surface area (Å²) in [6, 6.07) is 0.369. The number of hydrogen-bond acceptors (Lipinski definition) is 5. The number of carbonyl (C=O) groups excluding carboxylic acids is 2. The average Bonchev–Trinajstić information content (AvgIpc) is 2.54. The number of rotatable bonds is 4. The number of carbonyl (C=O) groups is 2. The van der Waals surface area contributed by atoms with Crippen LogP contribution in [-0.2, 0) is 24.3 Å². The largest absolute Gasteiger partial charge is 0.469 e. The van der Waals surface area contributed by atoms with E-state index in [0.717, 1.165) is 4.31 Å². The molecule has 1 saturated heterocycles. The molecule has 1 heterocycles. The molecule has 0 spiro atoms. The van der Waals surface area contributed by atoms with E-state index in [-0.39, 0.29) is 28.0 Å². The molecule has 2 rings (SSSR count). The molecule has 1 atom stereocenters. The topological polar surface area (TPSA) is 92.8 Å². The lowest BCUT2D eigenvalue weighted by Crippen LogP contribution is -2.57. The Morgan fingerprint density at radius 1 is 1.40 bits per heavy atom. The molecule has 0 aromatic heterocycles. The highest BCUT2D eigenvalue weighted by Gasteiger charge is 2.41. The first-order chi connectivity index (χ1) is 11.6. The van der Waals surface area contributed by atoms with Gasteiger partial charge in [-0.3, -0.25) is 9.59 Å². The predicted octanol–water partition coefficient (Wildman–Crippen LogP) is 1.66. The van der Waals surface area contributed by atoms with Gasteiger partial charge < -0.3 is 10.1 Å². The molecule has 1 aliphatic rings. The van der Waals surface area contributed by atoms with Gasteiger partial charge in [0.15, 0.2) is 0 Å². The Balaban J connectivity index is 2.57. The summed E-state index contributed by atoms with van der Waals surface area (Å²) in [7, 11) is -2.99. The number of methoxy groups -OCH3 is 1. The van der Waals surface area contributed by atoms with Crippen LogP contribution in [0.1, 0.15) is 17.5 Å². The SMILES string of the molecule is COC(=O)CC1C(=O)NCCN1S(=O)(=O)c1c(C)c(Cl)cc(C)c1Cl. The van der Waals surface area contributed by atoms with Crippen LogP contribution in [0.4, 0.5) is 0 Å². The number of aryl methyl sites for hydroxylation is 1. The normalized spacial score (nSPS) is 18.8. The fourth-order valence-electron chi connectivity index (χ4n) is 2.65. The molecule has 1 unspecified atom stereocenters. The van der Waals surface area contributed by atoms with Gasteiger partial charge in [0.05, 0.1) is 18.6 Å². The van der Waals surface area contributed by atoms with E-state index in [2.05, 4.69) is 10.1 Å². The summed E-state index contributed by atoms with van der Waals surface area (Å²) in [5.41, 5.74) is 0.793. The van der Waals surface area contributed by atoms with Gasteiger partial charge in [0, 0.05) is 18.1 Å². The molecule has 1 fully saturated rings. The van der Waals surface area contributed by atoms with E-state index in [1.54, 1.807) is 19.9 Å². The molecule has 0 saturated carbocycles. The molecular weight excluding hydrogens is 391 g/mol. The molecule has 1 aromatic rings. The van der Waals surface area contributed by atoms with Gasteiger partial charge in [-0.1, -0.05) is 23.2 Å². The van der Waals surface area contributed by atoms with Crippen molar-refractivity contribution in [3.8, 4) is 0 Å². The van der Waals surface area contributed by atoms with Gasteiger partial charge in [0.25, 0.3) is 0 Å². The summed E-state index contributed by atoms with van der Waals surface area (Å²) in [5.74, 6) is -1.25. The smallest absolute Gasteiger partial charge is 0.307 e. The van der Waals surface area contributed by atoms with Crippen molar-refractivity contribution in [1.29, 1.82) is 0 Å². The maximum Gasteiger partial charge on any atom is 0.307 e. The second-order valence-electron chi connectivity index (χ2n) is 5.65. The molecule has 1 amide bonds. The molecule has 25 heavy (non-hydrogen) atoms. The minimum atomic E-state index is -4.16. The minimum Gasteiger partial charge on any atom is -0.469 e. The maximum atomic E-state index is 13.2. The Labute approximate surface area is 156 Å². The van der Waals surface area contributed by atoms with Gasteiger partial charge in [0.1, 0.15) is 10.9 Å². The molecule has 0 radical (unpaired) electrons. The van der Waals surface area contributed by atoms with Crippen LogP contribution in [0.25, 0.3) is 0 Å². The van der Waals surface area contributed by atoms with E-state index in [1.165, 1.54) is 7.11 Å². The Hall–Kier alpha value is -1.35. The number of esters is 1. The lowest BCUT2D eigenvalue weighted by atomic mass is 10.1. The second kappa shape index (κ2) is 7.49. The number of ether oxygens (including phenoxy) is 1. The number of amides is 1. The maximum absolute atomic E-state index is 13.2. The summed E-state index contributed by atoms with van der Waals surface area (Å²) >= 11 is 12.3. The summed E-state index contributed by atoms with van der Waals surface area (Å²) in [5, 5.41) is 2.86. The van der Waals surface area contributed by atoms with Crippen molar-refractivity contribution in [3.63, 3.8) is 0 Å². The monoisotopic (exact) mass is 408 g/mol. The number of nitrogens with zero attached hydrogens (tertiary/aromatic N) is 1. The summed E-state index contributed by atoms with van der Waals surface area (Å²) in [4.78, 5) is 23.6. The second-order valence-corrected chi connectivity index (χ2v) is 8.26. The molecule has 138 valence electrons. The zero-order valence-corrected chi connectivity index (χ0v) is 16.3. The number of sulfonamides is 1. The molecule has 1 N–H and O–H groups in total. The first kappa shape index (κ1) is 20.0. The standard InChI is InChI=1S/C15H18Cl2N2O5S/c1-8-6-10(16)9(2)14(13(8)17)25(22,23)19-5-4-18-15(21)11(19)7-12(20)24-3/h6,11H,4-5,7H2,1-3H3,(H,18,21). The fraction of sp³-hybridized carbons (Fsp3) is 0.467. The minimum absolute atomic E-state index is 0.0110. The van der Waals surface area contributed by atoms with Gasteiger partial charge in [0.2, 0.25) is 15.9 Å². The quantitative estimate of drug-likeness (QED) is 0.764. The molecule has 0 aliphatic carbocycles. The molecule has 7 nitrogen and oxygen atoms in total. The number of benzene rings is 1. The third-order valence-corrected chi connectivity index (χ3v) is 7.10. The van der Waals surface area contributed by atoms with Gasteiger partial charge in [-0.15, -0.1) is 0 Å². The van der Waals surface area contributed by atoms with Gasteiger partial charge in [-0.2, -0.15) is 4.31 Å². The third kappa shape index (κ3) is 3.76. The van der Waals surface area contributed by atoms with Crippen molar-refractivity contribution in [2.45, 2.75) is 31.2 Å². The molecule has 1 aromatic carbocycles. The Bertz CT molecular complexity index is 799. The average molecular weight is 409 g/mol. The van der Waals surface area contributed by atoms with Crippen LogP contribution >= 0.6 is 23.2 Å².